The lowest BCUT2D eigenvalue weighted by Crippen LogP contribution is -2.31. The van der Waals surface area contributed by atoms with Gasteiger partial charge >= 0.3 is 10.3 Å². The van der Waals surface area contributed by atoms with E-state index in [-0.39, 0.29) is 18.0 Å². The molecule has 1 amide bonds. The van der Waals surface area contributed by atoms with E-state index in [1.165, 1.54) is 23.5 Å². The molecular weight excluding hydrogens is 478 g/mol. The molecule has 0 fully saturated rings. The van der Waals surface area contributed by atoms with Crippen LogP contribution in [-0.4, -0.2) is 38.1 Å². The van der Waals surface area contributed by atoms with E-state index in [1.54, 1.807) is 32.4 Å². The fraction of sp³-hybridized carbons (Fsp3) is 0.304. The van der Waals surface area contributed by atoms with Gasteiger partial charge in [-0.1, -0.05) is 19.1 Å². The van der Waals surface area contributed by atoms with E-state index in [2.05, 4.69) is 16.4 Å². The Hall–Kier alpha value is -3.15. The van der Waals surface area contributed by atoms with E-state index in [9.17, 15) is 13.2 Å². The number of methoxy groups -OCH3 is 2. The third kappa shape index (κ3) is 7.17. The van der Waals surface area contributed by atoms with Crippen LogP contribution < -0.4 is 19.5 Å². The van der Waals surface area contributed by atoms with Gasteiger partial charge in [-0.3, -0.25) is 14.1 Å². The summed E-state index contributed by atoms with van der Waals surface area (Å²) in [6, 6.07) is 12.5. The van der Waals surface area contributed by atoms with Crippen molar-refractivity contribution in [1.82, 2.24) is 10.3 Å². The van der Waals surface area contributed by atoms with Gasteiger partial charge in [-0.2, -0.15) is 8.42 Å². The third-order valence-corrected chi connectivity index (χ3v) is 6.43. The second kappa shape index (κ2) is 11.3. The van der Waals surface area contributed by atoms with Gasteiger partial charge in [-0.05, 0) is 54.3 Å². The number of aromatic nitrogens is 1. The van der Waals surface area contributed by atoms with Crippen LogP contribution in [-0.2, 0) is 34.4 Å². The van der Waals surface area contributed by atoms with E-state index in [1.807, 2.05) is 23.1 Å². The lowest BCUT2D eigenvalue weighted by Gasteiger charge is -2.17. The molecule has 34 heavy (non-hydrogen) atoms. The van der Waals surface area contributed by atoms with E-state index >= 15 is 0 Å². The summed E-state index contributed by atoms with van der Waals surface area (Å²) >= 11 is 1.47. The molecule has 3 N–H and O–H groups in total. The molecular formula is C23H26N3O6S2. The lowest BCUT2D eigenvalue weighted by atomic mass is 10.0. The molecule has 0 bridgehead atoms. The van der Waals surface area contributed by atoms with Crippen LogP contribution in [0.15, 0.2) is 41.8 Å². The summed E-state index contributed by atoms with van der Waals surface area (Å²) in [4.78, 5) is 17.5. The predicted molar refractivity (Wildman–Crippen MR) is 130 cm³/mol. The summed E-state index contributed by atoms with van der Waals surface area (Å²) in [7, 11) is -1.27. The lowest BCUT2D eigenvalue weighted by molar-refractivity contribution is -0.121. The molecule has 1 heterocycles. The number of aryl methyl sites for hydroxylation is 1. The molecule has 9 nitrogen and oxygen atoms in total. The molecule has 1 radical (unpaired) electrons. The zero-order valence-electron chi connectivity index (χ0n) is 19.0. The molecule has 0 spiro atoms. The third-order valence-electron chi connectivity index (χ3n) is 4.93. The predicted octanol–water partition coefficient (Wildman–Crippen LogP) is 3.38. The first-order chi connectivity index (χ1) is 16.2. The molecule has 3 aromatic rings. The standard InChI is InChI=1S/C23H26N3O6S2/c1-4-17-14-33-23(24-17)19(11-15-5-8-18(9-6-15)26-34(28,29)30)25-22(27)13-16-7-10-20(31-2)21(12-16)32-3/h5,7-10,12,14,19,26H,4,11,13H2,1-3H3,(H,25,27)(H,28,29,30). The number of carbonyl (C=O) groups is 1. The minimum Gasteiger partial charge on any atom is -0.493 e. The Labute approximate surface area is 203 Å². The maximum Gasteiger partial charge on any atom is 0.357 e. The van der Waals surface area contributed by atoms with E-state index in [0.717, 1.165) is 28.2 Å². The van der Waals surface area contributed by atoms with Gasteiger partial charge in [-0.25, -0.2) is 4.98 Å². The second-order valence-corrected chi connectivity index (χ2v) is 9.44. The van der Waals surface area contributed by atoms with Gasteiger partial charge in [0, 0.05) is 5.38 Å². The fourth-order valence-corrected chi connectivity index (χ4v) is 4.66. The fourth-order valence-electron chi connectivity index (χ4n) is 3.28. The normalized spacial score (nSPS) is 12.1. The van der Waals surface area contributed by atoms with Crippen LogP contribution in [0, 0.1) is 6.07 Å². The first-order valence-electron chi connectivity index (χ1n) is 10.4. The summed E-state index contributed by atoms with van der Waals surface area (Å²) in [5.74, 6) is 0.946. The maximum atomic E-state index is 12.9. The number of ether oxygens (including phenoxy) is 2. The Morgan fingerprint density at radius 1 is 1.21 bits per heavy atom. The number of hydrogen-bond donors (Lipinski definition) is 3. The molecule has 0 aliphatic rings. The van der Waals surface area contributed by atoms with Gasteiger partial charge in [0.15, 0.2) is 11.5 Å². The van der Waals surface area contributed by atoms with Crippen LogP contribution in [0.4, 0.5) is 5.69 Å². The first kappa shape index (κ1) is 25.5. The van der Waals surface area contributed by atoms with Crippen LogP contribution in [0.25, 0.3) is 0 Å². The number of anilines is 1. The average molecular weight is 505 g/mol. The summed E-state index contributed by atoms with van der Waals surface area (Å²) < 4.78 is 43.4. The Bertz CT molecular complexity index is 1230. The van der Waals surface area contributed by atoms with Crippen molar-refractivity contribution in [2.24, 2.45) is 0 Å². The monoisotopic (exact) mass is 504 g/mol. The molecule has 1 atom stereocenters. The van der Waals surface area contributed by atoms with Crippen LogP contribution in [0.1, 0.15) is 34.8 Å². The first-order valence-corrected chi connectivity index (χ1v) is 12.7. The van der Waals surface area contributed by atoms with Crippen molar-refractivity contribution in [2.75, 3.05) is 18.9 Å². The quantitative estimate of drug-likeness (QED) is 0.342. The molecule has 181 valence electrons. The van der Waals surface area contributed by atoms with Crippen molar-refractivity contribution in [3.05, 3.63) is 69.7 Å². The highest BCUT2D eigenvalue weighted by atomic mass is 32.2. The summed E-state index contributed by atoms with van der Waals surface area (Å²) in [5.41, 5.74) is 2.64. The van der Waals surface area contributed by atoms with Crippen LogP contribution in [0.3, 0.4) is 0 Å². The van der Waals surface area contributed by atoms with E-state index in [4.69, 9.17) is 14.0 Å². The number of nitrogens with one attached hydrogen (secondary N) is 2. The number of rotatable bonds is 11. The van der Waals surface area contributed by atoms with Crippen molar-refractivity contribution in [3.63, 3.8) is 0 Å². The van der Waals surface area contributed by atoms with Gasteiger partial charge in [0.25, 0.3) is 0 Å². The average Bonchev–Trinajstić information content (AvgIpc) is 3.28. The summed E-state index contributed by atoms with van der Waals surface area (Å²) in [6.07, 6.45) is 1.33. The van der Waals surface area contributed by atoms with Crippen molar-refractivity contribution in [2.45, 2.75) is 32.2 Å². The zero-order valence-corrected chi connectivity index (χ0v) is 20.6. The van der Waals surface area contributed by atoms with Gasteiger partial charge < -0.3 is 14.8 Å². The number of hydrogen-bond acceptors (Lipinski definition) is 7. The van der Waals surface area contributed by atoms with Crippen LogP contribution in [0.5, 0.6) is 11.5 Å². The number of nitrogens with zero attached hydrogens (tertiary/aromatic N) is 1. The Balaban J connectivity index is 1.76. The van der Waals surface area contributed by atoms with Gasteiger partial charge in [0.1, 0.15) is 5.01 Å². The molecule has 0 saturated carbocycles. The zero-order chi connectivity index (χ0) is 24.7. The molecule has 0 aliphatic carbocycles. The highest BCUT2D eigenvalue weighted by molar-refractivity contribution is 7.87. The molecule has 0 saturated heterocycles. The minimum absolute atomic E-state index is 0.143. The van der Waals surface area contributed by atoms with Gasteiger partial charge in [0.2, 0.25) is 5.91 Å². The summed E-state index contributed by atoms with van der Waals surface area (Å²) in [6.45, 7) is 2.01. The Morgan fingerprint density at radius 3 is 2.56 bits per heavy atom. The van der Waals surface area contributed by atoms with Crippen LogP contribution >= 0.6 is 11.3 Å². The van der Waals surface area contributed by atoms with Crippen LogP contribution in [0.2, 0.25) is 0 Å². The number of amides is 1. The largest absolute Gasteiger partial charge is 0.493 e. The molecule has 1 aromatic heterocycles. The highest BCUT2D eigenvalue weighted by Crippen LogP contribution is 2.28. The van der Waals surface area contributed by atoms with Gasteiger partial charge in [-0.15, -0.1) is 11.3 Å². The molecule has 2 aromatic carbocycles. The molecule has 3 rings (SSSR count). The summed E-state index contributed by atoms with van der Waals surface area (Å²) in [5, 5.41) is 5.79. The SMILES string of the molecule is CCc1csc(C(Cc2[c]cc(NS(=O)(=O)O)cc2)NC(=O)Cc2ccc(OC)c(OC)c2)n1. The number of benzene rings is 2. The Morgan fingerprint density at radius 2 is 1.97 bits per heavy atom. The minimum atomic E-state index is -4.36. The Kier molecular flexibility index (Phi) is 8.48. The molecule has 11 heteroatoms. The molecule has 0 aliphatic heterocycles. The van der Waals surface area contributed by atoms with Crippen molar-refractivity contribution in [3.8, 4) is 11.5 Å². The topological polar surface area (TPSA) is 127 Å². The van der Waals surface area contributed by atoms with Crippen molar-refractivity contribution in [1.29, 1.82) is 0 Å². The highest BCUT2D eigenvalue weighted by Gasteiger charge is 2.20. The molecule has 1 unspecified atom stereocenters. The number of thiazole rings is 1. The second-order valence-electron chi connectivity index (χ2n) is 7.40. The van der Waals surface area contributed by atoms with E-state index in [0.29, 0.717) is 17.9 Å². The maximum absolute atomic E-state index is 12.9. The van der Waals surface area contributed by atoms with Gasteiger partial charge in [0.05, 0.1) is 38.1 Å². The smallest absolute Gasteiger partial charge is 0.357 e. The van der Waals surface area contributed by atoms with Crippen molar-refractivity contribution >= 4 is 33.2 Å². The van der Waals surface area contributed by atoms with E-state index < -0.39 is 16.3 Å². The number of carbonyl (C=O) groups excluding carboxylic acids is 1. The van der Waals surface area contributed by atoms with Crippen molar-refractivity contribution < 1.29 is 27.2 Å².